The monoisotopic (exact) mass is 276 g/mol. The number of nitrogens with one attached hydrogen (secondary N) is 1. The molecule has 0 saturated carbocycles. The molecule has 5 nitrogen and oxygen atoms in total. The lowest BCUT2D eigenvalue weighted by Gasteiger charge is -2.14. The van der Waals surface area contributed by atoms with Crippen molar-refractivity contribution in [2.75, 3.05) is 5.73 Å². The first-order valence-electron chi connectivity index (χ1n) is 6.25. The zero-order chi connectivity index (χ0) is 14.9. The number of amides is 1. The predicted octanol–water partition coefficient (Wildman–Crippen LogP) is 1.94. The Hall–Kier alpha value is -2.37. The van der Waals surface area contributed by atoms with E-state index in [1.165, 1.54) is 16.8 Å². The molecule has 1 aromatic carbocycles. The van der Waals surface area contributed by atoms with Gasteiger partial charge in [0, 0.05) is 7.05 Å². The Morgan fingerprint density at radius 1 is 1.40 bits per heavy atom. The summed E-state index contributed by atoms with van der Waals surface area (Å²) in [4.78, 5) is 12.2. The Bertz CT molecular complexity index is 633. The number of aryl methyl sites for hydroxylation is 2. The summed E-state index contributed by atoms with van der Waals surface area (Å²) in [6.07, 6.45) is 0. The van der Waals surface area contributed by atoms with Crippen LogP contribution >= 0.6 is 0 Å². The maximum atomic E-state index is 12.9. The van der Waals surface area contributed by atoms with Crippen LogP contribution in [0.5, 0.6) is 0 Å². The molecule has 6 heteroatoms. The number of carbonyl (C=O) groups is 1. The molecule has 0 spiro atoms. The quantitative estimate of drug-likeness (QED) is 0.899. The molecule has 2 aromatic rings. The average Bonchev–Trinajstić information content (AvgIpc) is 2.63. The molecule has 0 aliphatic carbocycles. The second-order valence-corrected chi connectivity index (χ2v) is 4.72. The summed E-state index contributed by atoms with van der Waals surface area (Å²) < 4.78 is 14.3. The molecule has 0 fully saturated rings. The molecule has 3 N–H and O–H groups in total. The number of aromatic nitrogens is 2. The van der Waals surface area contributed by atoms with E-state index in [1.807, 2.05) is 6.92 Å². The number of anilines is 1. The lowest BCUT2D eigenvalue weighted by Crippen LogP contribution is -2.29. The fraction of sp³-hybridized carbons (Fsp3) is 0.286. The van der Waals surface area contributed by atoms with Crippen molar-refractivity contribution in [1.82, 2.24) is 15.1 Å². The lowest BCUT2D eigenvalue weighted by molar-refractivity contribution is 0.0931. The van der Waals surface area contributed by atoms with Gasteiger partial charge in [-0.3, -0.25) is 9.48 Å². The summed E-state index contributed by atoms with van der Waals surface area (Å²) in [6, 6.07) is 5.75. The summed E-state index contributed by atoms with van der Waals surface area (Å²) in [5.41, 5.74) is 7.98. The highest BCUT2D eigenvalue weighted by Gasteiger charge is 2.19. The Morgan fingerprint density at radius 2 is 2.00 bits per heavy atom. The van der Waals surface area contributed by atoms with Gasteiger partial charge in [-0.2, -0.15) is 5.10 Å². The van der Waals surface area contributed by atoms with Crippen molar-refractivity contribution < 1.29 is 9.18 Å². The summed E-state index contributed by atoms with van der Waals surface area (Å²) in [5.74, 6) is -0.610. The van der Waals surface area contributed by atoms with E-state index < -0.39 is 0 Å². The highest BCUT2D eigenvalue weighted by molar-refractivity contribution is 5.98. The number of halogens is 1. The summed E-state index contributed by atoms with van der Waals surface area (Å²) in [6.45, 7) is 3.57. The van der Waals surface area contributed by atoms with Crippen molar-refractivity contribution in [3.05, 3.63) is 47.0 Å². The maximum absolute atomic E-state index is 12.9. The molecule has 2 rings (SSSR count). The van der Waals surface area contributed by atoms with Crippen LogP contribution < -0.4 is 11.1 Å². The van der Waals surface area contributed by atoms with Crippen LogP contribution in [-0.4, -0.2) is 15.7 Å². The van der Waals surface area contributed by atoms with E-state index in [0.29, 0.717) is 17.1 Å². The minimum absolute atomic E-state index is 0.252. The van der Waals surface area contributed by atoms with Gasteiger partial charge in [0.2, 0.25) is 0 Å². The van der Waals surface area contributed by atoms with Gasteiger partial charge in [0.05, 0.1) is 17.4 Å². The third-order valence-corrected chi connectivity index (χ3v) is 3.20. The van der Waals surface area contributed by atoms with Gasteiger partial charge in [-0.25, -0.2) is 4.39 Å². The van der Waals surface area contributed by atoms with Gasteiger partial charge in [0.1, 0.15) is 11.5 Å². The van der Waals surface area contributed by atoms with Crippen LogP contribution in [0.4, 0.5) is 10.1 Å². The van der Waals surface area contributed by atoms with Crippen molar-refractivity contribution in [3.8, 4) is 0 Å². The van der Waals surface area contributed by atoms with E-state index in [1.54, 1.807) is 26.1 Å². The van der Waals surface area contributed by atoms with Crippen molar-refractivity contribution >= 4 is 11.6 Å². The first-order valence-corrected chi connectivity index (χ1v) is 6.25. The van der Waals surface area contributed by atoms with Crippen molar-refractivity contribution in [2.24, 2.45) is 7.05 Å². The summed E-state index contributed by atoms with van der Waals surface area (Å²) >= 11 is 0. The van der Waals surface area contributed by atoms with E-state index in [0.717, 1.165) is 5.56 Å². The van der Waals surface area contributed by atoms with E-state index >= 15 is 0 Å². The molecule has 1 atom stereocenters. The molecule has 1 unspecified atom stereocenters. The molecule has 0 saturated heterocycles. The normalized spacial score (nSPS) is 12.2. The van der Waals surface area contributed by atoms with Crippen molar-refractivity contribution in [3.63, 3.8) is 0 Å². The van der Waals surface area contributed by atoms with Crippen LogP contribution in [-0.2, 0) is 7.05 Å². The van der Waals surface area contributed by atoms with Crippen molar-refractivity contribution in [2.45, 2.75) is 19.9 Å². The second kappa shape index (κ2) is 5.32. The maximum Gasteiger partial charge on any atom is 0.272 e. The van der Waals surface area contributed by atoms with Gasteiger partial charge < -0.3 is 11.1 Å². The molecular weight excluding hydrogens is 259 g/mol. The molecule has 1 aromatic heterocycles. The summed E-state index contributed by atoms with van der Waals surface area (Å²) in [5, 5.41) is 6.93. The number of nitrogens with zero attached hydrogens (tertiary/aromatic N) is 2. The van der Waals surface area contributed by atoms with Gasteiger partial charge >= 0.3 is 0 Å². The van der Waals surface area contributed by atoms with Crippen LogP contribution in [0.2, 0.25) is 0 Å². The number of carbonyl (C=O) groups excluding carboxylic acids is 1. The Kier molecular flexibility index (Phi) is 3.74. The van der Waals surface area contributed by atoms with Gasteiger partial charge in [0.25, 0.3) is 5.91 Å². The van der Waals surface area contributed by atoms with E-state index in [4.69, 9.17) is 5.73 Å². The van der Waals surface area contributed by atoms with Gasteiger partial charge in [-0.1, -0.05) is 12.1 Å². The van der Waals surface area contributed by atoms with Crippen LogP contribution in [0, 0.1) is 12.7 Å². The third kappa shape index (κ3) is 2.64. The van der Waals surface area contributed by atoms with Crippen LogP contribution in [0.1, 0.15) is 34.7 Å². The van der Waals surface area contributed by atoms with Crippen LogP contribution in [0.3, 0.4) is 0 Å². The fourth-order valence-corrected chi connectivity index (χ4v) is 2.04. The van der Waals surface area contributed by atoms with E-state index in [-0.39, 0.29) is 17.8 Å². The van der Waals surface area contributed by atoms with Crippen LogP contribution in [0.25, 0.3) is 0 Å². The highest BCUT2D eigenvalue weighted by atomic mass is 19.1. The molecule has 20 heavy (non-hydrogen) atoms. The Labute approximate surface area is 116 Å². The number of nitrogen functional groups attached to an aromatic ring is 1. The first kappa shape index (κ1) is 14.0. The molecule has 106 valence electrons. The van der Waals surface area contributed by atoms with Gasteiger partial charge in [-0.15, -0.1) is 0 Å². The highest BCUT2D eigenvalue weighted by Crippen LogP contribution is 2.18. The SMILES string of the molecule is Cc1nn(C)c(C(=O)NC(C)c2ccc(F)cc2)c1N. The second-order valence-electron chi connectivity index (χ2n) is 4.72. The number of rotatable bonds is 3. The molecule has 1 amide bonds. The van der Waals surface area contributed by atoms with Crippen molar-refractivity contribution in [1.29, 1.82) is 0 Å². The number of nitrogens with two attached hydrogens (primary N) is 1. The van der Waals surface area contributed by atoms with E-state index in [2.05, 4.69) is 10.4 Å². The molecule has 0 aliphatic heterocycles. The molecule has 1 heterocycles. The first-order chi connectivity index (χ1) is 9.40. The predicted molar refractivity (Wildman–Crippen MR) is 74.6 cm³/mol. The van der Waals surface area contributed by atoms with E-state index in [9.17, 15) is 9.18 Å². The minimum Gasteiger partial charge on any atom is -0.395 e. The molecule has 0 radical (unpaired) electrons. The largest absolute Gasteiger partial charge is 0.395 e. The average molecular weight is 276 g/mol. The fourth-order valence-electron chi connectivity index (χ4n) is 2.04. The third-order valence-electron chi connectivity index (χ3n) is 3.20. The topological polar surface area (TPSA) is 72.9 Å². The molecule has 0 bridgehead atoms. The lowest BCUT2D eigenvalue weighted by atomic mass is 10.1. The smallest absolute Gasteiger partial charge is 0.272 e. The van der Waals surface area contributed by atoms with Crippen LogP contribution in [0.15, 0.2) is 24.3 Å². The molecule has 0 aliphatic rings. The number of hydrogen-bond acceptors (Lipinski definition) is 3. The standard InChI is InChI=1S/C14H17FN4O/c1-8(10-4-6-11(15)7-5-10)17-14(20)13-12(16)9(2)18-19(13)3/h4-8H,16H2,1-3H3,(H,17,20). The van der Waals surface area contributed by atoms with Gasteiger partial charge in [-0.05, 0) is 31.5 Å². The number of hydrogen-bond donors (Lipinski definition) is 2. The molecular formula is C14H17FN4O. The zero-order valence-corrected chi connectivity index (χ0v) is 11.6. The summed E-state index contributed by atoms with van der Waals surface area (Å²) in [7, 11) is 1.67. The van der Waals surface area contributed by atoms with Gasteiger partial charge in [0.15, 0.2) is 0 Å². The zero-order valence-electron chi connectivity index (χ0n) is 11.6. The Morgan fingerprint density at radius 3 is 2.50 bits per heavy atom. The Balaban J connectivity index is 2.17. The minimum atomic E-state index is -0.307. The number of benzene rings is 1.